The van der Waals surface area contributed by atoms with Crippen molar-refractivity contribution in [1.82, 2.24) is 5.32 Å². The van der Waals surface area contributed by atoms with Crippen molar-refractivity contribution in [2.75, 3.05) is 5.73 Å². The van der Waals surface area contributed by atoms with Gasteiger partial charge >= 0.3 is 0 Å². The Morgan fingerprint density at radius 3 is 2.44 bits per heavy atom. The number of carbonyl (C=O) groups excluding carboxylic acids is 2. The highest BCUT2D eigenvalue weighted by Gasteiger charge is 2.31. The molecule has 98 valence electrons. The first kappa shape index (κ1) is 14.0. The van der Waals surface area contributed by atoms with Crippen LogP contribution in [-0.4, -0.2) is 17.4 Å². The zero-order valence-corrected chi connectivity index (χ0v) is 10.9. The van der Waals surface area contributed by atoms with Gasteiger partial charge in [0.25, 0.3) is 5.91 Å². The maximum absolute atomic E-state index is 12.1. The Kier molecular flexibility index (Phi) is 3.96. The van der Waals surface area contributed by atoms with Crippen LogP contribution in [0.4, 0.5) is 5.69 Å². The Balaban J connectivity index is 2.98. The molecule has 0 aliphatic heterocycles. The minimum atomic E-state index is -1.06. The lowest BCUT2D eigenvalue weighted by Crippen LogP contribution is -2.54. The van der Waals surface area contributed by atoms with Gasteiger partial charge in [-0.1, -0.05) is 13.0 Å². The van der Waals surface area contributed by atoms with E-state index in [-0.39, 0.29) is 0 Å². The highest BCUT2D eigenvalue weighted by molar-refractivity contribution is 6.02. The Labute approximate surface area is 107 Å². The van der Waals surface area contributed by atoms with Gasteiger partial charge in [-0.05, 0) is 38.0 Å². The molecule has 1 unspecified atom stereocenters. The van der Waals surface area contributed by atoms with E-state index in [0.717, 1.165) is 5.56 Å². The van der Waals surface area contributed by atoms with E-state index in [4.69, 9.17) is 11.5 Å². The predicted octanol–water partition coefficient (Wildman–Crippen LogP) is 0.961. The zero-order valence-electron chi connectivity index (χ0n) is 10.9. The van der Waals surface area contributed by atoms with Gasteiger partial charge in [0.15, 0.2) is 0 Å². The second kappa shape index (κ2) is 5.08. The summed E-state index contributed by atoms with van der Waals surface area (Å²) in [5.74, 6) is -0.959. The average molecular weight is 249 g/mol. The second-order valence-corrected chi connectivity index (χ2v) is 4.59. The molecule has 0 spiro atoms. The summed E-state index contributed by atoms with van der Waals surface area (Å²) < 4.78 is 0. The van der Waals surface area contributed by atoms with Crippen molar-refractivity contribution in [2.24, 2.45) is 5.73 Å². The first-order valence-electron chi connectivity index (χ1n) is 5.78. The molecule has 5 heteroatoms. The van der Waals surface area contributed by atoms with Gasteiger partial charge in [0.2, 0.25) is 5.91 Å². The third-order valence-corrected chi connectivity index (χ3v) is 3.09. The largest absolute Gasteiger partial charge is 0.398 e. The molecule has 0 saturated heterocycles. The van der Waals surface area contributed by atoms with Crippen molar-refractivity contribution in [1.29, 1.82) is 0 Å². The number of nitrogens with two attached hydrogens (primary N) is 2. The topological polar surface area (TPSA) is 98.2 Å². The molecule has 1 atom stereocenters. The number of carbonyl (C=O) groups is 2. The Morgan fingerprint density at radius 1 is 1.39 bits per heavy atom. The summed E-state index contributed by atoms with van der Waals surface area (Å²) in [4.78, 5) is 23.4. The molecular weight excluding hydrogens is 230 g/mol. The molecule has 1 aromatic rings. The third-order valence-electron chi connectivity index (χ3n) is 3.09. The second-order valence-electron chi connectivity index (χ2n) is 4.59. The fourth-order valence-corrected chi connectivity index (χ4v) is 1.53. The molecule has 0 heterocycles. The van der Waals surface area contributed by atoms with Crippen molar-refractivity contribution < 1.29 is 9.59 Å². The Hall–Kier alpha value is -2.04. The van der Waals surface area contributed by atoms with E-state index in [2.05, 4.69) is 5.32 Å². The number of aryl methyl sites for hydroxylation is 1. The highest BCUT2D eigenvalue weighted by Crippen LogP contribution is 2.16. The summed E-state index contributed by atoms with van der Waals surface area (Å²) in [6, 6.07) is 5.14. The molecule has 5 N–H and O–H groups in total. The van der Waals surface area contributed by atoms with Crippen LogP contribution < -0.4 is 16.8 Å². The van der Waals surface area contributed by atoms with Crippen LogP contribution in [0.25, 0.3) is 0 Å². The van der Waals surface area contributed by atoms with Crippen LogP contribution in [0.2, 0.25) is 0 Å². The standard InChI is InChI=1S/C13H19N3O2/c1-4-13(3,12(15)18)16-11(17)9-6-5-8(2)7-10(9)14/h5-7H,4,14H2,1-3H3,(H2,15,18)(H,16,17). The van der Waals surface area contributed by atoms with Crippen molar-refractivity contribution in [3.8, 4) is 0 Å². The van der Waals surface area contributed by atoms with E-state index in [0.29, 0.717) is 17.7 Å². The van der Waals surface area contributed by atoms with Gasteiger partial charge in [-0.25, -0.2) is 0 Å². The minimum Gasteiger partial charge on any atom is -0.398 e. The van der Waals surface area contributed by atoms with E-state index in [1.165, 1.54) is 0 Å². The summed E-state index contributed by atoms with van der Waals surface area (Å²) in [6.45, 7) is 5.26. The van der Waals surface area contributed by atoms with Crippen molar-refractivity contribution in [3.05, 3.63) is 29.3 Å². The van der Waals surface area contributed by atoms with E-state index in [1.54, 1.807) is 32.0 Å². The number of nitrogen functional groups attached to an aromatic ring is 1. The van der Waals surface area contributed by atoms with Crippen molar-refractivity contribution >= 4 is 17.5 Å². The number of rotatable bonds is 4. The fraction of sp³-hybridized carbons (Fsp3) is 0.385. The molecule has 1 aromatic carbocycles. The molecule has 0 saturated carbocycles. The summed E-state index contributed by atoms with van der Waals surface area (Å²) in [5, 5.41) is 2.63. The lowest BCUT2D eigenvalue weighted by molar-refractivity contribution is -0.123. The van der Waals surface area contributed by atoms with Gasteiger partial charge < -0.3 is 16.8 Å². The van der Waals surface area contributed by atoms with Crippen molar-refractivity contribution in [2.45, 2.75) is 32.7 Å². The lowest BCUT2D eigenvalue weighted by Gasteiger charge is -2.26. The summed E-state index contributed by atoms with van der Waals surface area (Å²) in [6.07, 6.45) is 0.417. The normalized spacial score (nSPS) is 13.7. The molecule has 0 fully saturated rings. The Bertz CT molecular complexity index is 485. The van der Waals surface area contributed by atoms with Gasteiger partial charge in [-0.2, -0.15) is 0 Å². The van der Waals surface area contributed by atoms with Crippen LogP contribution in [0.1, 0.15) is 36.2 Å². The quantitative estimate of drug-likeness (QED) is 0.693. The average Bonchev–Trinajstić information content (AvgIpc) is 2.28. The van der Waals surface area contributed by atoms with Gasteiger partial charge in [0, 0.05) is 5.69 Å². The Morgan fingerprint density at radius 2 is 2.00 bits per heavy atom. The number of hydrogen-bond donors (Lipinski definition) is 3. The summed E-state index contributed by atoms with van der Waals surface area (Å²) in [7, 11) is 0. The van der Waals surface area contributed by atoms with Crippen LogP contribution in [-0.2, 0) is 4.79 Å². The van der Waals surface area contributed by atoms with Gasteiger partial charge in [0.1, 0.15) is 5.54 Å². The monoisotopic (exact) mass is 249 g/mol. The van der Waals surface area contributed by atoms with E-state index in [9.17, 15) is 9.59 Å². The number of hydrogen-bond acceptors (Lipinski definition) is 3. The highest BCUT2D eigenvalue weighted by atomic mass is 16.2. The van der Waals surface area contributed by atoms with Gasteiger partial charge in [-0.15, -0.1) is 0 Å². The molecule has 5 nitrogen and oxygen atoms in total. The molecule has 1 rings (SSSR count). The lowest BCUT2D eigenvalue weighted by atomic mass is 9.97. The third kappa shape index (κ3) is 2.80. The van der Waals surface area contributed by atoms with Crippen LogP contribution >= 0.6 is 0 Å². The first-order chi connectivity index (χ1) is 8.30. The van der Waals surface area contributed by atoms with Crippen molar-refractivity contribution in [3.63, 3.8) is 0 Å². The van der Waals surface area contributed by atoms with Crippen LogP contribution in [0.5, 0.6) is 0 Å². The molecule has 0 bridgehead atoms. The van der Waals surface area contributed by atoms with Crippen LogP contribution in [0.3, 0.4) is 0 Å². The molecule has 0 aromatic heterocycles. The molecule has 2 amide bonds. The summed E-state index contributed by atoms with van der Waals surface area (Å²) >= 11 is 0. The smallest absolute Gasteiger partial charge is 0.254 e. The number of benzene rings is 1. The van der Waals surface area contributed by atoms with E-state index < -0.39 is 17.4 Å². The van der Waals surface area contributed by atoms with Crippen LogP contribution in [0.15, 0.2) is 18.2 Å². The minimum absolute atomic E-state index is 0.349. The fourth-order valence-electron chi connectivity index (χ4n) is 1.53. The maximum atomic E-state index is 12.1. The van der Waals surface area contributed by atoms with E-state index >= 15 is 0 Å². The molecule has 18 heavy (non-hydrogen) atoms. The number of nitrogens with one attached hydrogen (secondary N) is 1. The molecule has 0 aliphatic carbocycles. The predicted molar refractivity (Wildman–Crippen MR) is 70.9 cm³/mol. The zero-order chi connectivity index (χ0) is 13.9. The van der Waals surface area contributed by atoms with Crippen LogP contribution in [0, 0.1) is 6.92 Å². The summed E-state index contributed by atoms with van der Waals surface area (Å²) in [5.41, 5.74) is 11.7. The van der Waals surface area contributed by atoms with Gasteiger partial charge in [0.05, 0.1) is 5.56 Å². The number of primary amides is 1. The number of anilines is 1. The molecule has 0 aliphatic rings. The maximum Gasteiger partial charge on any atom is 0.254 e. The van der Waals surface area contributed by atoms with Gasteiger partial charge in [-0.3, -0.25) is 9.59 Å². The van der Waals surface area contributed by atoms with E-state index in [1.807, 2.05) is 6.92 Å². The molecule has 0 radical (unpaired) electrons. The first-order valence-corrected chi connectivity index (χ1v) is 5.78. The number of amides is 2. The SMILES string of the molecule is CCC(C)(NC(=O)c1ccc(C)cc1N)C(N)=O. The molecular formula is C13H19N3O2.